The van der Waals surface area contributed by atoms with E-state index in [0.29, 0.717) is 6.04 Å². The molecule has 2 unspecified atom stereocenters. The number of hydrogen-bond acceptors (Lipinski definition) is 4. The van der Waals surface area contributed by atoms with Crippen molar-refractivity contribution in [1.29, 1.82) is 0 Å². The van der Waals surface area contributed by atoms with Crippen LogP contribution in [0.3, 0.4) is 0 Å². The third-order valence-electron chi connectivity index (χ3n) is 4.51. The average molecular weight is 243 g/mol. The molecular weight excluding hydrogens is 225 g/mol. The highest BCUT2D eigenvalue weighted by molar-refractivity contribution is 6.32. The van der Waals surface area contributed by atoms with Crippen LogP contribution in [0.5, 0.6) is 0 Å². The fourth-order valence-electron chi connectivity index (χ4n) is 3.46. The van der Waals surface area contributed by atoms with Crippen LogP contribution >= 0.6 is 0 Å². The van der Waals surface area contributed by atoms with Gasteiger partial charge in [-0.05, 0) is 12.5 Å². The second-order valence-corrected chi connectivity index (χ2v) is 5.78. The average Bonchev–Trinajstić information content (AvgIpc) is 2.34. The number of rotatable bonds is 2. The lowest BCUT2D eigenvalue weighted by Crippen LogP contribution is -2.74. The SMILES string of the molecule is Bc1ccc(N2CC3CC(C2)N3C2COC2)nc1. The van der Waals surface area contributed by atoms with Crippen LogP contribution in [0.1, 0.15) is 6.42 Å². The minimum absolute atomic E-state index is 0.696. The van der Waals surface area contributed by atoms with Crippen LogP contribution in [0, 0.1) is 0 Å². The summed E-state index contributed by atoms with van der Waals surface area (Å²) in [6, 6.07) is 6.44. The van der Waals surface area contributed by atoms with Crippen molar-refractivity contribution in [3.63, 3.8) is 0 Å². The van der Waals surface area contributed by atoms with Gasteiger partial charge in [-0.15, -0.1) is 0 Å². The van der Waals surface area contributed by atoms with Gasteiger partial charge < -0.3 is 9.64 Å². The van der Waals surface area contributed by atoms with Gasteiger partial charge in [-0.2, -0.15) is 0 Å². The van der Waals surface area contributed by atoms with Crippen LogP contribution < -0.4 is 10.4 Å². The van der Waals surface area contributed by atoms with Crippen LogP contribution in [-0.4, -0.2) is 62.2 Å². The topological polar surface area (TPSA) is 28.6 Å². The van der Waals surface area contributed by atoms with Crippen molar-refractivity contribution in [3.05, 3.63) is 18.3 Å². The summed E-state index contributed by atoms with van der Waals surface area (Å²) in [6.07, 6.45) is 3.33. The highest BCUT2D eigenvalue weighted by atomic mass is 16.5. The van der Waals surface area contributed by atoms with E-state index in [9.17, 15) is 0 Å². The minimum Gasteiger partial charge on any atom is -0.378 e. The molecule has 18 heavy (non-hydrogen) atoms. The Morgan fingerprint density at radius 1 is 1.17 bits per heavy atom. The highest BCUT2D eigenvalue weighted by Crippen LogP contribution is 2.37. The third-order valence-corrected chi connectivity index (χ3v) is 4.51. The number of pyridine rings is 1. The molecule has 2 atom stereocenters. The number of anilines is 1. The maximum absolute atomic E-state index is 5.31. The number of fused-ring (bicyclic) bond motifs is 2. The first-order chi connectivity index (χ1) is 8.81. The molecule has 0 N–H and O–H groups in total. The van der Waals surface area contributed by atoms with Crippen LogP contribution in [0.4, 0.5) is 5.82 Å². The molecule has 4 aliphatic heterocycles. The lowest BCUT2D eigenvalue weighted by atomic mass is 9.85. The van der Waals surface area contributed by atoms with E-state index in [4.69, 9.17) is 4.74 Å². The molecule has 94 valence electrons. The molecule has 5 rings (SSSR count). The Morgan fingerprint density at radius 3 is 2.50 bits per heavy atom. The van der Waals surface area contributed by atoms with E-state index in [1.165, 1.54) is 11.9 Å². The normalized spacial score (nSPS) is 31.9. The van der Waals surface area contributed by atoms with Gasteiger partial charge in [0.05, 0.1) is 19.3 Å². The first kappa shape index (κ1) is 10.8. The molecule has 5 heterocycles. The monoisotopic (exact) mass is 243 g/mol. The highest BCUT2D eigenvalue weighted by Gasteiger charge is 2.49. The van der Waals surface area contributed by atoms with Crippen LogP contribution in [0.25, 0.3) is 0 Å². The molecule has 4 nitrogen and oxygen atoms in total. The zero-order valence-corrected chi connectivity index (χ0v) is 10.7. The molecule has 1 aromatic rings. The van der Waals surface area contributed by atoms with Gasteiger partial charge in [-0.3, -0.25) is 4.90 Å². The summed E-state index contributed by atoms with van der Waals surface area (Å²) >= 11 is 0. The molecule has 0 aliphatic carbocycles. The standard InChI is InChI=1S/C13H18BN3O/c14-9-1-2-13(15-4-9)16-5-10-3-11(6-16)17(10)12-7-18-8-12/h1-2,4,10-12H,3,5-8,14H2. The summed E-state index contributed by atoms with van der Waals surface area (Å²) in [5, 5.41) is 0. The maximum atomic E-state index is 5.31. The Hall–Kier alpha value is -1.07. The van der Waals surface area contributed by atoms with Crippen molar-refractivity contribution in [2.24, 2.45) is 0 Å². The van der Waals surface area contributed by atoms with Crippen molar-refractivity contribution in [2.75, 3.05) is 31.2 Å². The molecule has 2 bridgehead atoms. The van der Waals surface area contributed by atoms with Gasteiger partial charge in [-0.25, -0.2) is 4.98 Å². The van der Waals surface area contributed by atoms with Crippen molar-refractivity contribution >= 4 is 19.1 Å². The Bertz CT molecular complexity index is 436. The minimum atomic E-state index is 0.696. The Morgan fingerprint density at radius 2 is 1.94 bits per heavy atom. The number of nitrogens with zero attached hydrogens (tertiary/aromatic N) is 3. The van der Waals surface area contributed by atoms with E-state index < -0.39 is 0 Å². The molecule has 1 aromatic heterocycles. The van der Waals surface area contributed by atoms with Gasteiger partial charge >= 0.3 is 0 Å². The quantitative estimate of drug-likeness (QED) is 0.623. The van der Waals surface area contributed by atoms with Crippen LogP contribution in [0.15, 0.2) is 18.3 Å². The Labute approximate surface area is 108 Å². The molecule has 4 aliphatic rings. The first-order valence-corrected chi connectivity index (χ1v) is 6.84. The Kier molecular flexibility index (Phi) is 2.38. The number of piperazine rings is 1. The second-order valence-electron chi connectivity index (χ2n) is 5.78. The first-order valence-electron chi connectivity index (χ1n) is 6.84. The zero-order valence-electron chi connectivity index (χ0n) is 10.7. The van der Waals surface area contributed by atoms with Crippen LogP contribution in [0.2, 0.25) is 0 Å². The van der Waals surface area contributed by atoms with Gasteiger partial charge in [0.2, 0.25) is 0 Å². The fourth-order valence-corrected chi connectivity index (χ4v) is 3.46. The lowest BCUT2D eigenvalue weighted by molar-refractivity contribution is -0.141. The number of ether oxygens (including phenoxy) is 1. The van der Waals surface area contributed by atoms with Gasteiger partial charge in [-0.1, -0.05) is 11.5 Å². The molecule has 4 fully saturated rings. The van der Waals surface area contributed by atoms with Crippen LogP contribution in [-0.2, 0) is 4.74 Å². The molecule has 0 saturated carbocycles. The fraction of sp³-hybridized carbons (Fsp3) is 0.615. The second kappa shape index (κ2) is 3.97. The molecule has 5 heteroatoms. The largest absolute Gasteiger partial charge is 0.378 e. The molecule has 0 amide bonds. The number of hydrogen-bond donors (Lipinski definition) is 0. The number of aromatic nitrogens is 1. The summed E-state index contributed by atoms with van der Waals surface area (Å²) < 4.78 is 5.31. The smallest absolute Gasteiger partial charge is 0.141 e. The van der Waals surface area contributed by atoms with E-state index in [1.54, 1.807) is 0 Å². The van der Waals surface area contributed by atoms with E-state index >= 15 is 0 Å². The van der Waals surface area contributed by atoms with Gasteiger partial charge in [0.1, 0.15) is 13.7 Å². The van der Waals surface area contributed by atoms with Crippen molar-refractivity contribution in [3.8, 4) is 0 Å². The predicted molar refractivity (Wildman–Crippen MR) is 73.3 cm³/mol. The van der Waals surface area contributed by atoms with E-state index in [-0.39, 0.29) is 0 Å². The lowest BCUT2D eigenvalue weighted by Gasteiger charge is -2.60. The third kappa shape index (κ3) is 1.57. The zero-order chi connectivity index (χ0) is 12.1. The van der Waals surface area contributed by atoms with Crippen molar-refractivity contribution in [2.45, 2.75) is 24.5 Å². The summed E-state index contributed by atoms with van der Waals surface area (Å²) in [7, 11) is 2.09. The van der Waals surface area contributed by atoms with Gasteiger partial charge in [0.15, 0.2) is 0 Å². The molecule has 0 aromatic carbocycles. The summed E-state index contributed by atoms with van der Waals surface area (Å²) in [6.45, 7) is 4.14. The van der Waals surface area contributed by atoms with Gasteiger partial charge in [0, 0.05) is 31.4 Å². The van der Waals surface area contributed by atoms with Crippen molar-refractivity contribution < 1.29 is 4.74 Å². The molecular formula is C13H18BN3O. The van der Waals surface area contributed by atoms with Crippen molar-refractivity contribution in [1.82, 2.24) is 9.88 Å². The van der Waals surface area contributed by atoms with E-state index in [2.05, 4.69) is 34.8 Å². The van der Waals surface area contributed by atoms with E-state index in [0.717, 1.165) is 44.2 Å². The van der Waals surface area contributed by atoms with Gasteiger partial charge in [0.25, 0.3) is 0 Å². The summed E-state index contributed by atoms with van der Waals surface area (Å²) in [5.41, 5.74) is 1.23. The predicted octanol–water partition coefficient (Wildman–Crippen LogP) is -0.998. The molecule has 0 radical (unpaired) electrons. The molecule has 0 spiro atoms. The van der Waals surface area contributed by atoms with E-state index in [1.807, 2.05) is 6.20 Å². The Balaban J connectivity index is 1.47. The summed E-state index contributed by atoms with van der Waals surface area (Å²) in [4.78, 5) is 9.66. The number of piperidine rings is 1. The molecule has 4 saturated heterocycles. The maximum Gasteiger partial charge on any atom is 0.141 e. The summed E-state index contributed by atoms with van der Waals surface area (Å²) in [5.74, 6) is 1.14.